The Labute approximate surface area is 126 Å². The lowest BCUT2D eigenvalue weighted by molar-refractivity contribution is 0.0696. The maximum absolute atomic E-state index is 13.3. The molecule has 1 aromatic heterocycles. The van der Waals surface area contributed by atoms with Crippen LogP contribution in [0.4, 0.5) is 15.9 Å². The van der Waals surface area contributed by atoms with E-state index in [-0.39, 0.29) is 16.5 Å². The van der Waals surface area contributed by atoms with E-state index in [1.54, 1.807) is 0 Å². The van der Waals surface area contributed by atoms with Gasteiger partial charge in [-0.1, -0.05) is 25.4 Å². The minimum Gasteiger partial charge on any atom is -0.478 e. The highest BCUT2D eigenvalue weighted by Crippen LogP contribution is 2.23. The summed E-state index contributed by atoms with van der Waals surface area (Å²) in [5, 5.41) is 12.3. The molecule has 0 saturated carbocycles. The first-order valence-corrected chi connectivity index (χ1v) is 6.71. The topological polar surface area (TPSA) is 62.2 Å². The second kappa shape index (κ2) is 6.10. The van der Waals surface area contributed by atoms with Gasteiger partial charge in [-0.25, -0.2) is 14.2 Å². The number of carboxylic acid groups (broad SMARTS) is 1. The van der Waals surface area contributed by atoms with Gasteiger partial charge >= 0.3 is 5.97 Å². The van der Waals surface area contributed by atoms with E-state index in [1.165, 1.54) is 30.3 Å². The molecule has 0 saturated heterocycles. The van der Waals surface area contributed by atoms with Crippen molar-refractivity contribution in [3.63, 3.8) is 0 Å². The molecule has 2 N–H and O–H groups in total. The number of aromatic carboxylic acids is 1. The summed E-state index contributed by atoms with van der Waals surface area (Å²) in [6.45, 7) is 3.83. The van der Waals surface area contributed by atoms with Crippen LogP contribution < -0.4 is 5.32 Å². The van der Waals surface area contributed by atoms with Crippen molar-refractivity contribution in [1.29, 1.82) is 0 Å². The van der Waals surface area contributed by atoms with Crippen LogP contribution in [0.1, 0.15) is 35.8 Å². The van der Waals surface area contributed by atoms with Crippen molar-refractivity contribution in [2.75, 3.05) is 5.32 Å². The van der Waals surface area contributed by atoms with Crippen LogP contribution in [0.25, 0.3) is 0 Å². The van der Waals surface area contributed by atoms with E-state index in [0.29, 0.717) is 17.2 Å². The molecule has 6 heteroatoms. The Morgan fingerprint density at radius 3 is 2.57 bits per heavy atom. The highest BCUT2D eigenvalue weighted by Gasteiger charge is 2.11. The summed E-state index contributed by atoms with van der Waals surface area (Å²) in [7, 11) is 0. The molecule has 0 aliphatic rings. The molecule has 21 heavy (non-hydrogen) atoms. The average molecular weight is 309 g/mol. The molecule has 0 fully saturated rings. The standard InChI is InChI=1S/C15H14ClFN2O2/c1-8(2)13-3-9(15(20)21)4-14(19-13)18-12-6-10(16)5-11(17)7-12/h3-8H,1-2H3,(H,18,19)(H,20,21). The number of hydrogen-bond donors (Lipinski definition) is 2. The molecule has 0 radical (unpaired) electrons. The molecule has 2 rings (SSSR count). The molecule has 1 heterocycles. The number of carbonyl (C=O) groups is 1. The van der Waals surface area contributed by atoms with Crippen LogP contribution in [0.3, 0.4) is 0 Å². The van der Waals surface area contributed by atoms with Crippen LogP contribution in [-0.4, -0.2) is 16.1 Å². The smallest absolute Gasteiger partial charge is 0.335 e. The van der Waals surface area contributed by atoms with Gasteiger partial charge in [-0.05, 0) is 36.2 Å². The van der Waals surface area contributed by atoms with Crippen LogP contribution in [-0.2, 0) is 0 Å². The Morgan fingerprint density at radius 2 is 2.00 bits per heavy atom. The molecular weight excluding hydrogens is 295 g/mol. The van der Waals surface area contributed by atoms with Crippen LogP contribution in [0, 0.1) is 5.82 Å². The number of pyridine rings is 1. The number of nitrogens with one attached hydrogen (secondary N) is 1. The van der Waals surface area contributed by atoms with Gasteiger partial charge in [-0.15, -0.1) is 0 Å². The Kier molecular flexibility index (Phi) is 4.43. The van der Waals surface area contributed by atoms with Gasteiger partial charge in [0.05, 0.1) is 5.56 Å². The lowest BCUT2D eigenvalue weighted by Gasteiger charge is -2.11. The largest absolute Gasteiger partial charge is 0.478 e. The van der Waals surface area contributed by atoms with E-state index >= 15 is 0 Å². The third kappa shape index (κ3) is 3.92. The van der Waals surface area contributed by atoms with Gasteiger partial charge in [-0.2, -0.15) is 0 Å². The summed E-state index contributed by atoms with van der Waals surface area (Å²) >= 11 is 5.79. The molecule has 0 spiro atoms. The number of halogens is 2. The van der Waals surface area contributed by atoms with Gasteiger partial charge in [0.2, 0.25) is 0 Å². The second-order valence-corrected chi connectivity index (χ2v) is 5.35. The summed E-state index contributed by atoms with van der Waals surface area (Å²) in [6, 6.07) is 6.90. The first-order chi connectivity index (χ1) is 9.85. The van der Waals surface area contributed by atoms with E-state index in [2.05, 4.69) is 10.3 Å². The fourth-order valence-electron chi connectivity index (χ4n) is 1.81. The van der Waals surface area contributed by atoms with E-state index in [1.807, 2.05) is 13.8 Å². The monoisotopic (exact) mass is 308 g/mol. The van der Waals surface area contributed by atoms with Crippen LogP contribution in [0.5, 0.6) is 0 Å². The van der Waals surface area contributed by atoms with Crippen molar-refractivity contribution in [1.82, 2.24) is 4.98 Å². The number of benzene rings is 1. The zero-order chi connectivity index (χ0) is 15.6. The van der Waals surface area contributed by atoms with Crippen LogP contribution in [0.2, 0.25) is 5.02 Å². The van der Waals surface area contributed by atoms with Crippen LogP contribution in [0.15, 0.2) is 30.3 Å². The van der Waals surface area contributed by atoms with Crippen molar-refractivity contribution in [3.8, 4) is 0 Å². The lowest BCUT2D eigenvalue weighted by Crippen LogP contribution is -2.05. The van der Waals surface area contributed by atoms with E-state index < -0.39 is 11.8 Å². The predicted octanol–water partition coefficient (Wildman–Crippen LogP) is 4.44. The van der Waals surface area contributed by atoms with Crippen molar-refractivity contribution in [3.05, 3.63) is 52.4 Å². The average Bonchev–Trinajstić information content (AvgIpc) is 2.36. The van der Waals surface area contributed by atoms with Crippen molar-refractivity contribution in [2.45, 2.75) is 19.8 Å². The highest BCUT2D eigenvalue weighted by atomic mass is 35.5. The third-order valence-corrected chi connectivity index (χ3v) is 3.04. The minimum atomic E-state index is -1.04. The van der Waals surface area contributed by atoms with Crippen molar-refractivity contribution in [2.24, 2.45) is 0 Å². The molecule has 1 aromatic carbocycles. The van der Waals surface area contributed by atoms with Gasteiger partial charge in [0.25, 0.3) is 0 Å². The molecule has 2 aromatic rings. The highest BCUT2D eigenvalue weighted by molar-refractivity contribution is 6.30. The zero-order valence-corrected chi connectivity index (χ0v) is 12.3. The molecule has 0 bridgehead atoms. The SMILES string of the molecule is CC(C)c1cc(C(=O)O)cc(Nc2cc(F)cc(Cl)c2)n1. The molecular formula is C15H14ClFN2O2. The number of nitrogens with zero attached hydrogens (tertiary/aromatic N) is 1. The summed E-state index contributed by atoms with van der Waals surface area (Å²) in [4.78, 5) is 15.5. The number of hydrogen-bond acceptors (Lipinski definition) is 3. The van der Waals surface area contributed by atoms with Gasteiger partial charge in [0.1, 0.15) is 11.6 Å². The van der Waals surface area contributed by atoms with E-state index in [4.69, 9.17) is 16.7 Å². The quantitative estimate of drug-likeness (QED) is 0.876. The van der Waals surface area contributed by atoms with E-state index in [9.17, 15) is 9.18 Å². The fourth-order valence-corrected chi connectivity index (χ4v) is 2.03. The summed E-state index contributed by atoms with van der Waals surface area (Å²) in [5.74, 6) is -1.12. The second-order valence-electron chi connectivity index (χ2n) is 4.91. The first kappa shape index (κ1) is 15.3. The number of anilines is 2. The maximum atomic E-state index is 13.3. The molecule has 0 atom stereocenters. The number of aromatic nitrogens is 1. The lowest BCUT2D eigenvalue weighted by atomic mass is 10.1. The number of rotatable bonds is 4. The zero-order valence-electron chi connectivity index (χ0n) is 11.5. The van der Waals surface area contributed by atoms with E-state index in [0.717, 1.165) is 0 Å². The van der Waals surface area contributed by atoms with Gasteiger partial charge < -0.3 is 10.4 Å². The first-order valence-electron chi connectivity index (χ1n) is 6.33. The molecule has 0 unspecified atom stereocenters. The Morgan fingerprint density at radius 1 is 1.29 bits per heavy atom. The van der Waals surface area contributed by atoms with Crippen molar-refractivity contribution < 1.29 is 14.3 Å². The van der Waals surface area contributed by atoms with Gasteiger partial charge in [-0.3, -0.25) is 0 Å². The Bertz CT molecular complexity index is 669. The predicted molar refractivity (Wildman–Crippen MR) is 80.0 cm³/mol. The maximum Gasteiger partial charge on any atom is 0.335 e. The van der Waals surface area contributed by atoms with Gasteiger partial charge in [0, 0.05) is 16.4 Å². The van der Waals surface area contributed by atoms with Crippen LogP contribution >= 0.6 is 11.6 Å². The van der Waals surface area contributed by atoms with Crippen molar-refractivity contribution >= 4 is 29.1 Å². The Balaban J connectivity index is 2.40. The molecule has 0 aliphatic heterocycles. The van der Waals surface area contributed by atoms with Gasteiger partial charge in [0.15, 0.2) is 0 Å². The normalized spacial score (nSPS) is 10.7. The molecule has 110 valence electrons. The molecule has 0 amide bonds. The minimum absolute atomic E-state index is 0.0703. The summed E-state index contributed by atoms with van der Waals surface area (Å²) < 4.78 is 13.3. The number of carboxylic acids is 1. The third-order valence-electron chi connectivity index (χ3n) is 2.82. The Hall–Kier alpha value is -2.14. The fraction of sp³-hybridized carbons (Fsp3) is 0.200. The summed E-state index contributed by atoms with van der Waals surface area (Å²) in [6.07, 6.45) is 0. The summed E-state index contributed by atoms with van der Waals surface area (Å²) in [5.41, 5.74) is 1.17. The molecule has 4 nitrogen and oxygen atoms in total. The molecule has 0 aliphatic carbocycles.